The summed E-state index contributed by atoms with van der Waals surface area (Å²) in [5.41, 5.74) is 3.55. The van der Waals surface area contributed by atoms with Gasteiger partial charge in [0.05, 0.1) is 6.04 Å². The average molecular weight is 231 g/mol. The van der Waals surface area contributed by atoms with Gasteiger partial charge in [0.15, 0.2) is 0 Å². The first-order chi connectivity index (χ1) is 8.04. The minimum absolute atomic E-state index is 0.280. The number of rotatable bonds is 3. The van der Waals surface area contributed by atoms with Gasteiger partial charge in [0, 0.05) is 5.39 Å². The van der Waals surface area contributed by atoms with Crippen molar-refractivity contribution in [3.05, 3.63) is 35.1 Å². The van der Waals surface area contributed by atoms with E-state index in [4.69, 9.17) is 4.42 Å². The van der Waals surface area contributed by atoms with E-state index in [1.165, 1.54) is 16.5 Å². The SMILES string of the molecule is CNC(c1cc2ccc(C)c(C)c2o1)C(C)C. The second-order valence-electron chi connectivity index (χ2n) is 5.08. The van der Waals surface area contributed by atoms with Crippen molar-refractivity contribution in [2.24, 2.45) is 5.92 Å². The van der Waals surface area contributed by atoms with E-state index in [1.54, 1.807) is 0 Å². The largest absolute Gasteiger partial charge is 0.459 e. The first-order valence-corrected chi connectivity index (χ1v) is 6.21. The Hall–Kier alpha value is -1.28. The highest BCUT2D eigenvalue weighted by Gasteiger charge is 2.18. The van der Waals surface area contributed by atoms with Gasteiger partial charge in [0.1, 0.15) is 11.3 Å². The van der Waals surface area contributed by atoms with Gasteiger partial charge in [-0.15, -0.1) is 0 Å². The molecule has 92 valence electrons. The van der Waals surface area contributed by atoms with Gasteiger partial charge in [-0.05, 0) is 44.0 Å². The van der Waals surface area contributed by atoms with Crippen molar-refractivity contribution >= 4 is 11.0 Å². The molecule has 1 aromatic heterocycles. The van der Waals surface area contributed by atoms with Crippen LogP contribution in [0.4, 0.5) is 0 Å². The summed E-state index contributed by atoms with van der Waals surface area (Å²) in [4.78, 5) is 0. The Bertz CT molecular complexity index is 525. The molecule has 2 aromatic rings. The molecule has 1 unspecified atom stereocenters. The fraction of sp³-hybridized carbons (Fsp3) is 0.467. The lowest BCUT2D eigenvalue weighted by Gasteiger charge is -2.17. The van der Waals surface area contributed by atoms with E-state index in [-0.39, 0.29) is 6.04 Å². The third-order valence-electron chi connectivity index (χ3n) is 3.51. The van der Waals surface area contributed by atoms with Crippen LogP contribution in [0.3, 0.4) is 0 Å². The second-order valence-corrected chi connectivity index (χ2v) is 5.08. The summed E-state index contributed by atoms with van der Waals surface area (Å²) >= 11 is 0. The highest BCUT2D eigenvalue weighted by atomic mass is 16.3. The molecule has 1 N–H and O–H groups in total. The second kappa shape index (κ2) is 4.53. The molecule has 2 heteroatoms. The molecule has 0 fully saturated rings. The smallest absolute Gasteiger partial charge is 0.137 e. The van der Waals surface area contributed by atoms with Crippen molar-refractivity contribution in [1.82, 2.24) is 5.32 Å². The Morgan fingerprint density at radius 2 is 1.88 bits per heavy atom. The van der Waals surface area contributed by atoms with Crippen molar-refractivity contribution < 1.29 is 4.42 Å². The number of nitrogens with one attached hydrogen (secondary N) is 1. The molecule has 0 saturated carbocycles. The third kappa shape index (κ3) is 2.09. The molecule has 1 aromatic carbocycles. The van der Waals surface area contributed by atoms with Crippen LogP contribution in [0, 0.1) is 19.8 Å². The average Bonchev–Trinajstić information content (AvgIpc) is 2.68. The monoisotopic (exact) mass is 231 g/mol. The van der Waals surface area contributed by atoms with Crippen LogP contribution in [0.25, 0.3) is 11.0 Å². The molecule has 0 spiro atoms. The zero-order valence-electron chi connectivity index (χ0n) is 11.3. The Morgan fingerprint density at radius 3 is 2.47 bits per heavy atom. The maximum atomic E-state index is 6.03. The lowest BCUT2D eigenvalue weighted by molar-refractivity contribution is 0.370. The van der Waals surface area contributed by atoms with Crippen molar-refractivity contribution in [3.63, 3.8) is 0 Å². The summed E-state index contributed by atoms with van der Waals surface area (Å²) in [6.45, 7) is 8.64. The van der Waals surface area contributed by atoms with E-state index in [0.717, 1.165) is 11.3 Å². The molecule has 0 radical (unpaired) electrons. The summed E-state index contributed by atoms with van der Waals surface area (Å²) in [6, 6.07) is 6.73. The summed E-state index contributed by atoms with van der Waals surface area (Å²) in [5, 5.41) is 4.52. The van der Waals surface area contributed by atoms with Crippen molar-refractivity contribution in [2.75, 3.05) is 7.05 Å². The molecule has 2 nitrogen and oxygen atoms in total. The van der Waals surface area contributed by atoms with Crippen molar-refractivity contribution in [1.29, 1.82) is 0 Å². The van der Waals surface area contributed by atoms with Crippen LogP contribution in [0.5, 0.6) is 0 Å². The molecule has 0 amide bonds. The summed E-state index contributed by atoms with van der Waals surface area (Å²) in [6.07, 6.45) is 0. The number of benzene rings is 1. The van der Waals surface area contributed by atoms with Crippen LogP contribution in [0.2, 0.25) is 0 Å². The predicted octanol–water partition coefficient (Wildman–Crippen LogP) is 3.97. The van der Waals surface area contributed by atoms with Gasteiger partial charge < -0.3 is 9.73 Å². The van der Waals surface area contributed by atoms with Gasteiger partial charge in [0.25, 0.3) is 0 Å². The van der Waals surface area contributed by atoms with Crippen LogP contribution < -0.4 is 5.32 Å². The molecule has 1 heterocycles. The predicted molar refractivity (Wildman–Crippen MR) is 72.3 cm³/mol. The van der Waals surface area contributed by atoms with Gasteiger partial charge in [-0.2, -0.15) is 0 Å². The quantitative estimate of drug-likeness (QED) is 0.864. The van der Waals surface area contributed by atoms with Crippen LogP contribution in [0.1, 0.15) is 36.8 Å². The van der Waals surface area contributed by atoms with E-state index in [2.05, 4.69) is 51.2 Å². The van der Waals surface area contributed by atoms with Gasteiger partial charge in [0.2, 0.25) is 0 Å². The van der Waals surface area contributed by atoms with E-state index in [9.17, 15) is 0 Å². The number of hydrogen-bond acceptors (Lipinski definition) is 2. The third-order valence-corrected chi connectivity index (χ3v) is 3.51. The normalized spacial score (nSPS) is 13.5. The van der Waals surface area contributed by atoms with Gasteiger partial charge in [-0.25, -0.2) is 0 Å². The molecular weight excluding hydrogens is 210 g/mol. The van der Waals surface area contributed by atoms with Gasteiger partial charge >= 0.3 is 0 Å². The van der Waals surface area contributed by atoms with Crippen LogP contribution >= 0.6 is 0 Å². The fourth-order valence-electron chi connectivity index (χ4n) is 2.32. The standard InChI is InChI=1S/C15H21NO/c1-9(2)14(16-5)13-8-12-7-6-10(3)11(4)15(12)17-13/h6-9,14,16H,1-5H3. The van der Waals surface area contributed by atoms with Gasteiger partial charge in [-0.1, -0.05) is 26.0 Å². The minimum Gasteiger partial charge on any atom is -0.459 e. The Kier molecular flexibility index (Phi) is 3.25. The van der Waals surface area contributed by atoms with Gasteiger partial charge in [-0.3, -0.25) is 0 Å². The zero-order valence-corrected chi connectivity index (χ0v) is 11.3. The highest BCUT2D eigenvalue weighted by molar-refractivity contribution is 5.82. The van der Waals surface area contributed by atoms with Crippen LogP contribution in [-0.4, -0.2) is 7.05 Å². The van der Waals surface area contributed by atoms with E-state index in [0.29, 0.717) is 5.92 Å². The maximum absolute atomic E-state index is 6.03. The Morgan fingerprint density at radius 1 is 1.18 bits per heavy atom. The first kappa shape index (κ1) is 12.2. The number of furan rings is 1. The molecule has 0 aliphatic carbocycles. The summed E-state index contributed by atoms with van der Waals surface area (Å²) in [7, 11) is 1.98. The molecule has 2 rings (SSSR count). The van der Waals surface area contributed by atoms with E-state index in [1.807, 2.05) is 7.05 Å². The lowest BCUT2D eigenvalue weighted by atomic mass is 10.0. The van der Waals surface area contributed by atoms with Crippen molar-refractivity contribution in [3.8, 4) is 0 Å². The Balaban J connectivity index is 2.54. The van der Waals surface area contributed by atoms with E-state index < -0.39 is 0 Å². The van der Waals surface area contributed by atoms with Crippen LogP contribution in [-0.2, 0) is 0 Å². The number of aryl methyl sites for hydroxylation is 2. The topological polar surface area (TPSA) is 25.2 Å². The maximum Gasteiger partial charge on any atom is 0.137 e. The zero-order chi connectivity index (χ0) is 12.6. The Labute approximate surface area is 103 Å². The summed E-state index contributed by atoms with van der Waals surface area (Å²) in [5.74, 6) is 1.55. The summed E-state index contributed by atoms with van der Waals surface area (Å²) < 4.78 is 6.03. The molecule has 0 bridgehead atoms. The van der Waals surface area contributed by atoms with Crippen molar-refractivity contribution in [2.45, 2.75) is 33.7 Å². The molecule has 0 saturated heterocycles. The molecular formula is C15H21NO. The minimum atomic E-state index is 0.280. The van der Waals surface area contributed by atoms with Crippen LogP contribution in [0.15, 0.2) is 22.6 Å². The lowest BCUT2D eigenvalue weighted by Crippen LogP contribution is -2.20. The molecule has 0 aliphatic rings. The first-order valence-electron chi connectivity index (χ1n) is 6.21. The number of hydrogen-bond donors (Lipinski definition) is 1. The molecule has 1 atom stereocenters. The number of fused-ring (bicyclic) bond motifs is 1. The molecule has 17 heavy (non-hydrogen) atoms. The molecule has 0 aliphatic heterocycles. The highest BCUT2D eigenvalue weighted by Crippen LogP contribution is 2.30. The fourth-order valence-corrected chi connectivity index (χ4v) is 2.32. The van der Waals surface area contributed by atoms with E-state index >= 15 is 0 Å².